The van der Waals surface area contributed by atoms with Gasteiger partial charge in [-0.05, 0) is 32.2 Å². The molecule has 1 aliphatic heterocycles. The second-order valence-corrected chi connectivity index (χ2v) is 5.80. The molecule has 4 heteroatoms. The van der Waals surface area contributed by atoms with Crippen LogP contribution in [0.2, 0.25) is 0 Å². The third kappa shape index (κ3) is 5.91. The largest absolute Gasteiger partial charge is 0.465 e. The number of carbonyl (C=O) groups is 1. The summed E-state index contributed by atoms with van der Waals surface area (Å²) < 4.78 is 5.17. The highest BCUT2D eigenvalue weighted by molar-refractivity contribution is 5.76. The van der Waals surface area contributed by atoms with Crippen molar-refractivity contribution in [1.82, 2.24) is 10.2 Å². The molecule has 0 aliphatic carbocycles. The van der Waals surface area contributed by atoms with Gasteiger partial charge in [-0.25, -0.2) is 0 Å². The van der Waals surface area contributed by atoms with Gasteiger partial charge in [0.05, 0.1) is 6.61 Å². The lowest BCUT2D eigenvalue weighted by atomic mass is 9.95. The molecule has 2 atom stereocenters. The van der Waals surface area contributed by atoms with Crippen LogP contribution in [-0.4, -0.2) is 49.2 Å². The fraction of sp³-hybridized carbons (Fsp3) is 0.933. The van der Waals surface area contributed by atoms with Crippen molar-refractivity contribution in [3.63, 3.8) is 0 Å². The standard InChI is InChI=1S/C15H30N2O2/c1-5-13-8-7-9-17(10-13)11-14(16-12(3)4)15(18)19-6-2/h12-14,16H,5-11H2,1-4H3. The Balaban J connectivity index is 2.52. The van der Waals surface area contributed by atoms with Crippen LogP contribution in [-0.2, 0) is 9.53 Å². The van der Waals surface area contributed by atoms with E-state index in [9.17, 15) is 4.79 Å². The van der Waals surface area contributed by atoms with Gasteiger partial charge in [-0.15, -0.1) is 0 Å². The second kappa shape index (κ2) is 8.54. The smallest absolute Gasteiger partial charge is 0.324 e. The number of nitrogens with zero attached hydrogens (tertiary/aromatic N) is 1. The van der Waals surface area contributed by atoms with E-state index in [2.05, 4.69) is 31.0 Å². The average molecular weight is 270 g/mol. The summed E-state index contributed by atoms with van der Waals surface area (Å²) in [5.41, 5.74) is 0. The molecule has 112 valence electrons. The molecule has 0 aromatic heterocycles. The lowest BCUT2D eigenvalue weighted by Gasteiger charge is -2.34. The maximum atomic E-state index is 12.0. The molecule has 0 saturated carbocycles. The van der Waals surface area contributed by atoms with Gasteiger partial charge in [-0.2, -0.15) is 0 Å². The van der Waals surface area contributed by atoms with Crippen molar-refractivity contribution in [2.45, 2.75) is 59.0 Å². The Morgan fingerprint density at radius 2 is 2.16 bits per heavy atom. The van der Waals surface area contributed by atoms with Crippen LogP contribution in [0.25, 0.3) is 0 Å². The molecule has 1 rings (SSSR count). The second-order valence-electron chi connectivity index (χ2n) is 5.80. The highest BCUT2D eigenvalue weighted by Gasteiger charge is 2.26. The summed E-state index contributed by atoms with van der Waals surface area (Å²) in [4.78, 5) is 14.4. The molecule has 4 nitrogen and oxygen atoms in total. The number of nitrogens with one attached hydrogen (secondary N) is 1. The number of rotatable bonds is 7. The quantitative estimate of drug-likeness (QED) is 0.719. The minimum Gasteiger partial charge on any atom is -0.465 e. The fourth-order valence-electron chi connectivity index (χ4n) is 2.75. The van der Waals surface area contributed by atoms with Crippen molar-refractivity contribution in [3.8, 4) is 0 Å². The van der Waals surface area contributed by atoms with Gasteiger partial charge in [0.25, 0.3) is 0 Å². The van der Waals surface area contributed by atoms with Crippen LogP contribution >= 0.6 is 0 Å². The number of carbonyl (C=O) groups excluding carboxylic acids is 1. The number of hydrogen-bond acceptors (Lipinski definition) is 4. The molecule has 0 spiro atoms. The van der Waals surface area contributed by atoms with E-state index in [-0.39, 0.29) is 12.0 Å². The van der Waals surface area contributed by atoms with Gasteiger partial charge in [-0.1, -0.05) is 27.2 Å². The van der Waals surface area contributed by atoms with Crippen LogP contribution in [0.1, 0.15) is 47.0 Å². The monoisotopic (exact) mass is 270 g/mol. The molecule has 1 fully saturated rings. The molecule has 0 amide bonds. The van der Waals surface area contributed by atoms with Gasteiger partial charge in [-0.3, -0.25) is 4.79 Å². The van der Waals surface area contributed by atoms with Crippen molar-refractivity contribution >= 4 is 5.97 Å². The van der Waals surface area contributed by atoms with Gasteiger partial charge in [0.1, 0.15) is 6.04 Å². The number of ether oxygens (including phenoxy) is 1. The van der Waals surface area contributed by atoms with Crippen molar-refractivity contribution in [2.24, 2.45) is 5.92 Å². The normalized spacial score (nSPS) is 22.5. The zero-order valence-electron chi connectivity index (χ0n) is 12.9. The maximum absolute atomic E-state index is 12.0. The zero-order chi connectivity index (χ0) is 14.3. The van der Waals surface area contributed by atoms with Crippen LogP contribution in [0.15, 0.2) is 0 Å². The van der Waals surface area contributed by atoms with Gasteiger partial charge in [0.15, 0.2) is 0 Å². The molecular formula is C15H30N2O2. The van der Waals surface area contributed by atoms with Gasteiger partial charge < -0.3 is 15.0 Å². The summed E-state index contributed by atoms with van der Waals surface area (Å²) in [6, 6.07) is 0.0942. The molecule has 1 aliphatic rings. The van der Waals surface area contributed by atoms with Crippen molar-refractivity contribution in [3.05, 3.63) is 0 Å². The lowest BCUT2D eigenvalue weighted by Crippen LogP contribution is -2.51. The summed E-state index contributed by atoms with van der Waals surface area (Å²) in [5, 5.41) is 3.33. The molecular weight excluding hydrogens is 240 g/mol. The van der Waals surface area contributed by atoms with E-state index in [0.29, 0.717) is 12.6 Å². The summed E-state index contributed by atoms with van der Waals surface area (Å²) in [6.45, 7) is 11.7. The van der Waals surface area contributed by atoms with Crippen LogP contribution in [0.3, 0.4) is 0 Å². The first kappa shape index (κ1) is 16.4. The molecule has 0 bridgehead atoms. The summed E-state index contributed by atoms with van der Waals surface area (Å²) in [6.07, 6.45) is 3.81. The van der Waals surface area contributed by atoms with E-state index in [0.717, 1.165) is 25.6 Å². The zero-order valence-corrected chi connectivity index (χ0v) is 12.9. The van der Waals surface area contributed by atoms with Crippen LogP contribution in [0.5, 0.6) is 0 Å². The van der Waals surface area contributed by atoms with Crippen LogP contribution < -0.4 is 5.32 Å². The topological polar surface area (TPSA) is 41.6 Å². The Morgan fingerprint density at radius 3 is 2.74 bits per heavy atom. The molecule has 1 saturated heterocycles. The highest BCUT2D eigenvalue weighted by Crippen LogP contribution is 2.19. The Kier molecular flexibility index (Phi) is 7.39. The first-order valence-corrected chi connectivity index (χ1v) is 7.71. The Morgan fingerprint density at radius 1 is 1.42 bits per heavy atom. The Bertz CT molecular complexity index is 269. The lowest BCUT2D eigenvalue weighted by molar-refractivity contribution is -0.146. The van der Waals surface area contributed by atoms with Crippen LogP contribution in [0, 0.1) is 5.92 Å². The minimum absolute atomic E-state index is 0.116. The van der Waals surface area contributed by atoms with Crippen molar-refractivity contribution in [1.29, 1.82) is 0 Å². The van der Waals surface area contributed by atoms with Crippen LogP contribution in [0.4, 0.5) is 0 Å². The molecule has 0 aromatic carbocycles. The number of piperidine rings is 1. The maximum Gasteiger partial charge on any atom is 0.324 e. The van der Waals surface area contributed by atoms with E-state index in [1.54, 1.807) is 0 Å². The third-order valence-corrected chi connectivity index (χ3v) is 3.73. The Labute approximate surface area is 117 Å². The van der Waals surface area contributed by atoms with E-state index >= 15 is 0 Å². The first-order valence-electron chi connectivity index (χ1n) is 7.71. The third-order valence-electron chi connectivity index (χ3n) is 3.73. The van der Waals surface area contributed by atoms with Gasteiger partial charge in [0, 0.05) is 19.1 Å². The molecule has 2 unspecified atom stereocenters. The molecule has 1 N–H and O–H groups in total. The first-order chi connectivity index (χ1) is 9.06. The average Bonchev–Trinajstić information content (AvgIpc) is 2.38. The SMILES string of the molecule is CCOC(=O)C(CN1CCCC(CC)C1)NC(C)C. The number of hydrogen-bond donors (Lipinski definition) is 1. The van der Waals surface area contributed by atoms with E-state index < -0.39 is 0 Å². The van der Waals surface area contributed by atoms with E-state index in [1.165, 1.54) is 19.3 Å². The number of likely N-dealkylation sites (tertiary alicyclic amines) is 1. The van der Waals surface area contributed by atoms with Gasteiger partial charge in [0.2, 0.25) is 0 Å². The molecule has 1 heterocycles. The van der Waals surface area contributed by atoms with Crippen molar-refractivity contribution < 1.29 is 9.53 Å². The van der Waals surface area contributed by atoms with E-state index in [1.807, 2.05) is 6.92 Å². The van der Waals surface area contributed by atoms with Gasteiger partial charge >= 0.3 is 5.97 Å². The minimum atomic E-state index is -0.199. The molecule has 0 radical (unpaired) electrons. The number of esters is 1. The summed E-state index contributed by atoms with van der Waals surface area (Å²) in [7, 11) is 0. The Hall–Kier alpha value is -0.610. The molecule has 0 aromatic rings. The van der Waals surface area contributed by atoms with E-state index in [4.69, 9.17) is 4.74 Å². The predicted octanol–water partition coefficient (Wildman–Crippen LogP) is 2.04. The molecule has 19 heavy (non-hydrogen) atoms. The predicted molar refractivity (Wildman–Crippen MR) is 78.1 cm³/mol. The van der Waals surface area contributed by atoms with Crippen molar-refractivity contribution in [2.75, 3.05) is 26.2 Å². The fourth-order valence-corrected chi connectivity index (χ4v) is 2.75. The summed E-state index contributed by atoms with van der Waals surface area (Å²) in [5.74, 6) is 0.672. The highest BCUT2D eigenvalue weighted by atomic mass is 16.5. The summed E-state index contributed by atoms with van der Waals surface area (Å²) >= 11 is 0.